The highest BCUT2D eigenvalue weighted by Gasteiger charge is 2.36. The summed E-state index contributed by atoms with van der Waals surface area (Å²) in [6, 6.07) is 1.60. The maximum Gasteiger partial charge on any atom is 0.417 e. The van der Waals surface area contributed by atoms with Gasteiger partial charge in [-0.1, -0.05) is 11.6 Å². The molecule has 0 bridgehead atoms. The molecule has 1 aromatic carbocycles. The molecule has 2 nitrogen and oxygen atoms in total. The Morgan fingerprint density at radius 2 is 2.07 bits per heavy atom. The smallest absolute Gasteiger partial charge is 0.417 e. The van der Waals surface area contributed by atoms with Gasteiger partial charge in [0, 0.05) is 5.56 Å². The third kappa shape index (κ3) is 1.77. The summed E-state index contributed by atoms with van der Waals surface area (Å²) in [5.41, 5.74) is 5.06. The largest absolute Gasteiger partial charge is 0.491 e. The second kappa shape index (κ2) is 3.28. The van der Waals surface area contributed by atoms with Gasteiger partial charge in [-0.25, -0.2) is 0 Å². The van der Waals surface area contributed by atoms with Crippen LogP contribution in [0.25, 0.3) is 0 Å². The minimum Gasteiger partial charge on any atom is -0.491 e. The van der Waals surface area contributed by atoms with Crippen molar-refractivity contribution in [1.29, 1.82) is 0 Å². The molecular weight excluding hydrogens is 231 g/mol. The highest BCUT2D eigenvalue weighted by Crippen LogP contribution is 2.41. The van der Waals surface area contributed by atoms with E-state index in [2.05, 4.69) is 0 Å². The van der Waals surface area contributed by atoms with E-state index in [0.29, 0.717) is 11.3 Å². The average molecular weight is 238 g/mol. The van der Waals surface area contributed by atoms with Gasteiger partial charge in [0.15, 0.2) is 0 Å². The van der Waals surface area contributed by atoms with Gasteiger partial charge < -0.3 is 10.5 Å². The summed E-state index contributed by atoms with van der Waals surface area (Å²) in [4.78, 5) is 0. The molecular formula is C9H7ClF3NO. The zero-order chi connectivity index (χ0) is 11.2. The standard InChI is InChI=1S/C9H7ClF3NO/c10-6-2-8-4(7(14)3-15-8)1-5(6)9(11,12)13/h1-2,7H,3,14H2/t7-/m0/s1. The third-order valence-electron chi connectivity index (χ3n) is 2.22. The molecule has 1 heterocycles. The van der Waals surface area contributed by atoms with Crippen molar-refractivity contribution in [1.82, 2.24) is 0 Å². The van der Waals surface area contributed by atoms with Crippen molar-refractivity contribution in [2.24, 2.45) is 5.73 Å². The van der Waals surface area contributed by atoms with E-state index in [1.54, 1.807) is 0 Å². The molecule has 1 atom stereocenters. The molecule has 0 unspecified atom stereocenters. The van der Waals surface area contributed by atoms with Crippen molar-refractivity contribution in [2.45, 2.75) is 12.2 Å². The van der Waals surface area contributed by atoms with Gasteiger partial charge in [0.25, 0.3) is 0 Å². The average Bonchev–Trinajstić information content (AvgIpc) is 2.44. The van der Waals surface area contributed by atoms with Crippen LogP contribution in [0.2, 0.25) is 5.02 Å². The van der Waals surface area contributed by atoms with Crippen LogP contribution in [-0.4, -0.2) is 6.61 Å². The van der Waals surface area contributed by atoms with Crippen LogP contribution in [0.1, 0.15) is 17.2 Å². The molecule has 0 fully saturated rings. The minimum atomic E-state index is -4.46. The Labute approximate surface area is 88.8 Å². The van der Waals surface area contributed by atoms with Gasteiger partial charge in [-0.3, -0.25) is 0 Å². The van der Waals surface area contributed by atoms with Crippen LogP contribution in [0.15, 0.2) is 12.1 Å². The molecule has 1 aromatic rings. The van der Waals surface area contributed by atoms with E-state index in [4.69, 9.17) is 22.1 Å². The highest BCUT2D eigenvalue weighted by atomic mass is 35.5. The molecule has 2 rings (SSSR count). The zero-order valence-corrected chi connectivity index (χ0v) is 8.19. The van der Waals surface area contributed by atoms with Crippen LogP contribution in [0.3, 0.4) is 0 Å². The first kappa shape index (κ1) is 10.6. The van der Waals surface area contributed by atoms with Crippen LogP contribution < -0.4 is 10.5 Å². The Kier molecular flexibility index (Phi) is 2.31. The Morgan fingerprint density at radius 3 is 2.67 bits per heavy atom. The summed E-state index contributed by atoms with van der Waals surface area (Å²) in [5.74, 6) is 0.334. The molecule has 0 saturated carbocycles. The van der Waals surface area contributed by atoms with Crippen molar-refractivity contribution in [3.63, 3.8) is 0 Å². The summed E-state index contributed by atoms with van der Waals surface area (Å²) in [7, 11) is 0. The lowest BCUT2D eigenvalue weighted by Gasteiger charge is -2.11. The van der Waals surface area contributed by atoms with E-state index < -0.39 is 17.8 Å². The molecule has 0 spiro atoms. The first-order chi connectivity index (χ1) is 6.89. The van der Waals surface area contributed by atoms with E-state index >= 15 is 0 Å². The van der Waals surface area contributed by atoms with Gasteiger partial charge in [-0.05, 0) is 12.1 Å². The van der Waals surface area contributed by atoms with Crippen molar-refractivity contribution < 1.29 is 17.9 Å². The van der Waals surface area contributed by atoms with Gasteiger partial charge in [-0.2, -0.15) is 13.2 Å². The predicted octanol–water partition coefficient (Wildman–Crippen LogP) is 2.75. The van der Waals surface area contributed by atoms with Crippen molar-refractivity contribution >= 4 is 11.6 Å². The molecule has 0 saturated heterocycles. The normalized spacial score (nSPS) is 19.9. The quantitative estimate of drug-likeness (QED) is 0.753. The first-order valence-corrected chi connectivity index (χ1v) is 4.56. The van der Waals surface area contributed by atoms with E-state index in [0.717, 1.165) is 12.1 Å². The number of fused-ring (bicyclic) bond motifs is 1. The molecule has 6 heteroatoms. The van der Waals surface area contributed by atoms with E-state index in [1.165, 1.54) is 0 Å². The first-order valence-electron chi connectivity index (χ1n) is 4.18. The SMILES string of the molecule is N[C@H]1COc2cc(Cl)c(C(F)(F)F)cc21. The fourth-order valence-electron chi connectivity index (χ4n) is 1.47. The van der Waals surface area contributed by atoms with Crippen LogP contribution in [0, 0.1) is 0 Å². The lowest BCUT2D eigenvalue weighted by molar-refractivity contribution is -0.137. The van der Waals surface area contributed by atoms with Crippen LogP contribution in [0.4, 0.5) is 13.2 Å². The predicted molar refractivity (Wildman–Crippen MR) is 48.9 cm³/mol. The van der Waals surface area contributed by atoms with Gasteiger partial charge in [0.05, 0.1) is 16.6 Å². The van der Waals surface area contributed by atoms with Crippen LogP contribution in [0.5, 0.6) is 5.75 Å². The molecule has 0 amide bonds. The summed E-state index contributed by atoms with van der Waals surface area (Å²) < 4.78 is 42.5. The summed E-state index contributed by atoms with van der Waals surface area (Å²) in [5, 5.41) is -0.365. The van der Waals surface area contributed by atoms with Gasteiger partial charge in [0.1, 0.15) is 12.4 Å². The van der Waals surface area contributed by atoms with Gasteiger partial charge in [0.2, 0.25) is 0 Å². The highest BCUT2D eigenvalue weighted by molar-refractivity contribution is 6.31. The number of rotatable bonds is 0. The fourth-order valence-corrected chi connectivity index (χ4v) is 1.73. The number of alkyl halides is 3. The fraction of sp³-hybridized carbons (Fsp3) is 0.333. The molecule has 0 aromatic heterocycles. The maximum absolute atomic E-state index is 12.5. The number of halogens is 4. The minimum absolute atomic E-state index is 0.187. The van der Waals surface area contributed by atoms with E-state index in [-0.39, 0.29) is 11.6 Å². The van der Waals surface area contributed by atoms with Crippen LogP contribution in [-0.2, 0) is 6.18 Å². The van der Waals surface area contributed by atoms with Crippen molar-refractivity contribution in [2.75, 3.05) is 6.61 Å². The third-order valence-corrected chi connectivity index (χ3v) is 2.54. The number of ether oxygens (including phenoxy) is 1. The number of nitrogens with two attached hydrogens (primary N) is 1. The molecule has 1 aliphatic rings. The number of benzene rings is 1. The Hall–Kier alpha value is -0.940. The second-order valence-corrected chi connectivity index (χ2v) is 3.69. The topological polar surface area (TPSA) is 35.2 Å². The molecule has 0 radical (unpaired) electrons. The van der Waals surface area contributed by atoms with Crippen molar-refractivity contribution in [3.8, 4) is 5.75 Å². The van der Waals surface area contributed by atoms with E-state index in [1.807, 2.05) is 0 Å². The second-order valence-electron chi connectivity index (χ2n) is 3.29. The number of hydrogen-bond acceptors (Lipinski definition) is 2. The van der Waals surface area contributed by atoms with Gasteiger partial charge >= 0.3 is 6.18 Å². The maximum atomic E-state index is 12.5. The van der Waals surface area contributed by atoms with Crippen LogP contribution >= 0.6 is 11.6 Å². The molecule has 2 N–H and O–H groups in total. The molecule has 82 valence electrons. The monoisotopic (exact) mass is 237 g/mol. The molecule has 15 heavy (non-hydrogen) atoms. The zero-order valence-electron chi connectivity index (χ0n) is 7.44. The molecule has 0 aliphatic carbocycles. The Balaban J connectivity index is 2.55. The van der Waals surface area contributed by atoms with Gasteiger partial charge in [-0.15, -0.1) is 0 Å². The Bertz CT molecular complexity index is 405. The van der Waals surface area contributed by atoms with E-state index in [9.17, 15) is 13.2 Å². The Morgan fingerprint density at radius 1 is 1.40 bits per heavy atom. The number of hydrogen-bond donors (Lipinski definition) is 1. The summed E-state index contributed by atoms with van der Waals surface area (Å²) >= 11 is 5.50. The van der Waals surface area contributed by atoms with Crippen molar-refractivity contribution in [3.05, 3.63) is 28.3 Å². The lowest BCUT2D eigenvalue weighted by atomic mass is 10.1. The molecule has 1 aliphatic heterocycles. The summed E-state index contributed by atoms with van der Waals surface area (Å²) in [6.45, 7) is 0.187. The lowest BCUT2D eigenvalue weighted by Crippen LogP contribution is -2.12. The summed E-state index contributed by atoms with van der Waals surface area (Å²) in [6.07, 6.45) is -4.46.